The van der Waals surface area contributed by atoms with E-state index in [9.17, 15) is 4.79 Å². The van der Waals surface area contributed by atoms with Crippen molar-refractivity contribution < 1.29 is 9.53 Å². The summed E-state index contributed by atoms with van der Waals surface area (Å²) in [6.07, 6.45) is 6.45. The predicted molar refractivity (Wildman–Crippen MR) is 72.6 cm³/mol. The van der Waals surface area contributed by atoms with Crippen LogP contribution in [0.2, 0.25) is 0 Å². The number of amides is 1. The van der Waals surface area contributed by atoms with Crippen molar-refractivity contribution in [1.29, 1.82) is 0 Å². The second kappa shape index (κ2) is 6.75. The van der Waals surface area contributed by atoms with Crippen molar-refractivity contribution in [3.8, 4) is 0 Å². The fourth-order valence-corrected chi connectivity index (χ4v) is 2.51. The monoisotopic (exact) mass is 266 g/mol. The molecule has 0 radical (unpaired) electrons. The van der Waals surface area contributed by atoms with E-state index in [2.05, 4.69) is 10.3 Å². The molecule has 98 valence electrons. The van der Waals surface area contributed by atoms with Crippen LogP contribution in [0.1, 0.15) is 5.56 Å². The lowest BCUT2D eigenvalue weighted by molar-refractivity contribution is -0.119. The lowest BCUT2D eigenvalue weighted by Gasteiger charge is -2.18. The minimum atomic E-state index is 0.0951. The average molecular weight is 266 g/mol. The smallest absolute Gasteiger partial charge is 0.230 e. The molecule has 1 saturated heterocycles. The van der Waals surface area contributed by atoms with Crippen LogP contribution < -0.4 is 5.32 Å². The van der Waals surface area contributed by atoms with Crippen LogP contribution in [0.3, 0.4) is 0 Å². The van der Waals surface area contributed by atoms with Crippen LogP contribution in [0.4, 0.5) is 0 Å². The Morgan fingerprint density at radius 1 is 1.50 bits per heavy atom. The zero-order chi connectivity index (χ0) is 12.8. The van der Waals surface area contributed by atoms with Gasteiger partial charge in [0, 0.05) is 18.3 Å². The van der Waals surface area contributed by atoms with Crippen LogP contribution in [0, 0.1) is 5.92 Å². The summed E-state index contributed by atoms with van der Waals surface area (Å²) in [4.78, 5) is 15.6. The standard InChI is InChI=1S/C13H18N2O2S/c1-18-9-13(16)15-12-8-17-7-11(12)6-10-2-4-14-5-3-10/h2-5,11-12H,6-9H2,1H3,(H,15,16)/t11-,12-/m1/s1. The van der Waals surface area contributed by atoms with Gasteiger partial charge in [-0.25, -0.2) is 0 Å². The lowest BCUT2D eigenvalue weighted by Crippen LogP contribution is -2.41. The van der Waals surface area contributed by atoms with E-state index in [-0.39, 0.29) is 11.9 Å². The first kappa shape index (κ1) is 13.4. The van der Waals surface area contributed by atoms with E-state index < -0.39 is 0 Å². The predicted octanol–water partition coefficient (Wildman–Crippen LogP) is 1.12. The molecule has 1 aliphatic heterocycles. The molecule has 18 heavy (non-hydrogen) atoms. The van der Waals surface area contributed by atoms with Crippen LogP contribution in [0.5, 0.6) is 0 Å². The molecule has 4 nitrogen and oxygen atoms in total. The number of rotatable bonds is 5. The summed E-state index contributed by atoms with van der Waals surface area (Å²) in [5, 5.41) is 3.05. The number of ether oxygens (including phenoxy) is 1. The summed E-state index contributed by atoms with van der Waals surface area (Å²) in [7, 11) is 0. The van der Waals surface area contributed by atoms with E-state index in [1.807, 2.05) is 18.4 Å². The van der Waals surface area contributed by atoms with Gasteiger partial charge in [0.25, 0.3) is 0 Å². The van der Waals surface area contributed by atoms with Gasteiger partial charge in [-0.05, 0) is 30.4 Å². The molecule has 5 heteroatoms. The topological polar surface area (TPSA) is 51.2 Å². The molecule has 1 fully saturated rings. The maximum absolute atomic E-state index is 11.6. The molecule has 2 rings (SSSR count). The third kappa shape index (κ3) is 3.71. The summed E-state index contributed by atoms with van der Waals surface area (Å²) < 4.78 is 5.48. The highest BCUT2D eigenvalue weighted by Crippen LogP contribution is 2.19. The fourth-order valence-electron chi connectivity index (χ4n) is 2.16. The normalized spacial score (nSPS) is 22.9. The summed E-state index contributed by atoms with van der Waals surface area (Å²) in [5.74, 6) is 0.967. The maximum atomic E-state index is 11.6. The van der Waals surface area contributed by atoms with Crippen molar-refractivity contribution in [2.45, 2.75) is 12.5 Å². The molecule has 1 N–H and O–H groups in total. The summed E-state index contributed by atoms with van der Waals surface area (Å²) in [6, 6.07) is 4.16. The van der Waals surface area contributed by atoms with Gasteiger partial charge in [-0.15, -0.1) is 0 Å². The third-order valence-corrected chi connectivity index (χ3v) is 3.62. The van der Waals surface area contributed by atoms with Gasteiger partial charge in [0.15, 0.2) is 0 Å². The first-order valence-electron chi connectivity index (χ1n) is 6.04. The van der Waals surface area contributed by atoms with E-state index >= 15 is 0 Å². The summed E-state index contributed by atoms with van der Waals surface area (Å²) >= 11 is 1.54. The molecule has 1 amide bonds. The summed E-state index contributed by atoms with van der Waals surface area (Å²) in [5.41, 5.74) is 1.24. The second-order valence-corrected chi connectivity index (χ2v) is 5.33. The number of hydrogen-bond donors (Lipinski definition) is 1. The number of nitrogens with one attached hydrogen (secondary N) is 1. The van der Waals surface area contributed by atoms with Gasteiger partial charge < -0.3 is 10.1 Å². The molecule has 0 aliphatic carbocycles. The highest BCUT2D eigenvalue weighted by molar-refractivity contribution is 7.99. The van der Waals surface area contributed by atoms with Gasteiger partial charge in [-0.2, -0.15) is 11.8 Å². The molecule has 2 atom stereocenters. The van der Waals surface area contributed by atoms with E-state index in [0.717, 1.165) is 6.42 Å². The van der Waals surface area contributed by atoms with Crippen molar-refractivity contribution in [3.63, 3.8) is 0 Å². The maximum Gasteiger partial charge on any atom is 0.230 e. The number of aromatic nitrogens is 1. The Bertz CT molecular complexity index is 386. The van der Waals surface area contributed by atoms with E-state index in [4.69, 9.17) is 4.74 Å². The molecular weight excluding hydrogens is 248 g/mol. The Morgan fingerprint density at radius 3 is 3.00 bits per heavy atom. The number of carbonyl (C=O) groups excluding carboxylic acids is 1. The zero-order valence-electron chi connectivity index (χ0n) is 10.5. The number of pyridine rings is 1. The highest BCUT2D eigenvalue weighted by Gasteiger charge is 2.29. The molecule has 0 saturated carbocycles. The molecule has 0 aromatic carbocycles. The van der Waals surface area contributed by atoms with Crippen LogP contribution in [-0.2, 0) is 16.0 Å². The molecule has 0 unspecified atom stereocenters. The Hall–Kier alpha value is -1.07. The van der Waals surface area contributed by atoms with Crippen molar-refractivity contribution in [3.05, 3.63) is 30.1 Å². The molecule has 0 spiro atoms. The molecule has 2 heterocycles. The van der Waals surface area contributed by atoms with Crippen molar-refractivity contribution in [1.82, 2.24) is 10.3 Å². The number of thioether (sulfide) groups is 1. The zero-order valence-corrected chi connectivity index (χ0v) is 11.3. The molecule has 1 aromatic rings. The molecule has 1 aromatic heterocycles. The molecule has 0 bridgehead atoms. The van der Waals surface area contributed by atoms with Crippen LogP contribution in [0.25, 0.3) is 0 Å². The number of carbonyl (C=O) groups is 1. The van der Waals surface area contributed by atoms with Gasteiger partial charge in [0.05, 0.1) is 25.0 Å². The quantitative estimate of drug-likeness (QED) is 0.867. The molecule has 1 aliphatic rings. The largest absolute Gasteiger partial charge is 0.379 e. The van der Waals surface area contributed by atoms with Gasteiger partial charge in [-0.1, -0.05) is 0 Å². The van der Waals surface area contributed by atoms with Gasteiger partial charge >= 0.3 is 0 Å². The number of nitrogens with zero attached hydrogens (tertiary/aromatic N) is 1. The third-order valence-electron chi connectivity index (χ3n) is 3.07. The lowest BCUT2D eigenvalue weighted by atomic mass is 9.95. The SMILES string of the molecule is CSCC(=O)N[C@@H]1COC[C@H]1Cc1ccncc1. The minimum absolute atomic E-state index is 0.0951. The Labute approximate surface area is 112 Å². The Morgan fingerprint density at radius 2 is 2.28 bits per heavy atom. The summed E-state index contributed by atoms with van der Waals surface area (Å²) in [6.45, 7) is 1.34. The van der Waals surface area contributed by atoms with Gasteiger partial charge in [0.1, 0.15) is 0 Å². The fraction of sp³-hybridized carbons (Fsp3) is 0.538. The number of hydrogen-bond acceptors (Lipinski definition) is 4. The van der Waals surface area contributed by atoms with Crippen molar-refractivity contribution in [2.75, 3.05) is 25.2 Å². The highest BCUT2D eigenvalue weighted by atomic mass is 32.2. The average Bonchev–Trinajstić information content (AvgIpc) is 2.78. The van der Waals surface area contributed by atoms with E-state index in [1.165, 1.54) is 17.3 Å². The van der Waals surface area contributed by atoms with Crippen LogP contribution >= 0.6 is 11.8 Å². The minimum Gasteiger partial charge on any atom is -0.379 e. The first-order valence-corrected chi connectivity index (χ1v) is 7.44. The van der Waals surface area contributed by atoms with Crippen molar-refractivity contribution in [2.24, 2.45) is 5.92 Å². The van der Waals surface area contributed by atoms with E-state index in [0.29, 0.717) is 24.9 Å². The molecular formula is C13H18N2O2S. The van der Waals surface area contributed by atoms with Gasteiger partial charge in [-0.3, -0.25) is 9.78 Å². The Balaban J connectivity index is 1.89. The van der Waals surface area contributed by atoms with Crippen LogP contribution in [0.15, 0.2) is 24.5 Å². The Kier molecular flexibility index (Phi) is 5.01. The van der Waals surface area contributed by atoms with Crippen molar-refractivity contribution >= 4 is 17.7 Å². The van der Waals surface area contributed by atoms with Crippen LogP contribution in [-0.4, -0.2) is 42.2 Å². The van der Waals surface area contributed by atoms with E-state index in [1.54, 1.807) is 12.4 Å². The van der Waals surface area contributed by atoms with Gasteiger partial charge in [0.2, 0.25) is 5.91 Å². The second-order valence-electron chi connectivity index (χ2n) is 4.46. The first-order chi connectivity index (χ1) is 8.79.